The molecule has 6 nitrogen and oxygen atoms in total. The monoisotopic (exact) mass is 825 g/mol. The molecule has 1 rings (SSSR count). The third kappa shape index (κ3) is 7.98. The summed E-state index contributed by atoms with van der Waals surface area (Å²) in [5.41, 5.74) is 0. The lowest BCUT2D eigenvalue weighted by Crippen LogP contribution is -2.62. The van der Waals surface area contributed by atoms with E-state index in [2.05, 4.69) is 29.2 Å². The molecule has 0 aliphatic heterocycles. The number of nitrogens with zero attached hydrogens (tertiary/aromatic N) is 3. The molecule has 0 atom stereocenters. The molecule has 0 spiro atoms. The summed E-state index contributed by atoms with van der Waals surface area (Å²) in [4.78, 5) is 6.49. The molecule has 33 heteroatoms. The SMILES string of the molecule is FC(F)(F)C(F)(F)C(F)(F)C(F)(F)COc1nc(OCC(F)(F)C(F)(F)C(F)(F)C(F)(F)F)nc(OCC(F)(F)C(F)(F)C(F)(F)C(F)(F)F)n1. The molecule has 0 unspecified atom stereocenters. The normalized spacial score (nSPS) is 15.6. The summed E-state index contributed by atoms with van der Waals surface area (Å²) < 4.78 is 361. The Morgan fingerprint density at radius 3 is 0.569 bits per heavy atom. The number of hydrogen-bond acceptors (Lipinski definition) is 6. The Balaban J connectivity index is 3.64. The Morgan fingerprint density at radius 2 is 0.431 bits per heavy atom. The molecule has 0 fully saturated rings. The van der Waals surface area contributed by atoms with Crippen LogP contribution in [0.1, 0.15) is 0 Å². The van der Waals surface area contributed by atoms with Crippen LogP contribution in [0, 0.1) is 0 Å². The van der Waals surface area contributed by atoms with Crippen molar-refractivity contribution in [3.05, 3.63) is 0 Å². The van der Waals surface area contributed by atoms with Crippen molar-refractivity contribution >= 4 is 0 Å². The van der Waals surface area contributed by atoms with E-state index in [-0.39, 0.29) is 0 Å². The first kappa shape index (κ1) is 45.5. The zero-order valence-corrected chi connectivity index (χ0v) is 22.4. The predicted molar refractivity (Wildman–Crippen MR) is 99.0 cm³/mol. The molecule has 0 saturated heterocycles. The Morgan fingerprint density at radius 1 is 0.275 bits per heavy atom. The van der Waals surface area contributed by atoms with Gasteiger partial charge < -0.3 is 14.2 Å². The van der Waals surface area contributed by atoms with Crippen molar-refractivity contribution in [2.24, 2.45) is 0 Å². The minimum atomic E-state index is -7.67. The number of hydrogen-bond donors (Lipinski definition) is 0. The minimum Gasteiger partial charge on any atom is -0.457 e. The van der Waals surface area contributed by atoms with Crippen molar-refractivity contribution in [2.75, 3.05) is 19.8 Å². The summed E-state index contributed by atoms with van der Waals surface area (Å²) in [6.07, 6.45) is -22.5. The molecule has 300 valence electrons. The van der Waals surface area contributed by atoms with Crippen LogP contribution in [0.4, 0.5) is 119 Å². The topological polar surface area (TPSA) is 66.4 Å². The van der Waals surface area contributed by atoms with Crippen molar-refractivity contribution in [3.8, 4) is 18.0 Å². The van der Waals surface area contributed by atoms with Crippen molar-refractivity contribution in [3.63, 3.8) is 0 Å². The van der Waals surface area contributed by atoms with Crippen LogP contribution in [0.3, 0.4) is 0 Å². The van der Waals surface area contributed by atoms with Crippen LogP contribution in [0.25, 0.3) is 0 Å². The molecule has 1 aromatic rings. The number of rotatable bonds is 15. The van der Waals surface area contributed by atoms with Crippen LogP contribution in [-0.2, 0) is 0 Å². The first-order valence-electron chi connectivity index (χ1n) is 11.2. The Hall–Kier alpha value is -3.48. The fourth-order valence-corrected chi connectivity index (χ4v) is 2.47. The largest absolute Gasteiger partial charge is 0.460 e. The van der Waals surface area contributed by atoms with E-state index in [1.165, 1.54) is 0 Å². The molecule has 51 heavy (non-hydrogen) atoms. The predicted octanol–water partition coefficient (Wildman–Crippen LogP) is 8.41. The molecule has 1 heterocycles. The van der Waals surface area contributed by atoms with Gasteiger partial charge in [0.15, 0.2) is 19.8 Å². The van der Waals surface area contributed by atoms with Crippen molar-refractivity contribution in [2.45, 2.75) is 71.8 Å². The second-order valence-electron chi connectivity index (χ2n) is 9.10. The molecule has 0 aliphatic rings. The highest BCUT2D eigenvalue weighted by atomic mass is 19.4. The van der Waals surface area contributed by atoms with Gasteiger partial charge in [-0.25, -0.2) is 0 Å². The van der Waals surface area contributed by atoms with E-state index in [4.69, 9.17) is 0 Å². The minimum absolute atomic E-state index is 2.16. The number of halogens is 27. The zero-order chi connectivity index (χ0) is 41.1. The Kier molecular flexibility index (Phi) is 11.5. The van der Waals surface area contributed by atoms with Gasteiger partial charge in [-0.05, 0) is 0 Å². The summed E-state index contributed by atoms with van der Waals surface area (Å²) in [5, 5.41) is 0. The Labute approximate surface area is 258 Å². The quantitative estimate of drug-likeness (QED) is 0.166. The van der Waals surface area contributed by atoms with E-state index in [1.807, 2.05) is 0 Å². The van der Waals surface area contributed by atoms with Crippen LogP contribution in [-0.4, -0.2) is 107 Å². The lowest BCUT2D eigenvalue weighted by molar-refractivity contribution is -0.398. The molecular weight excluding hydrogens is 819 g/mol. The van der Waals surface area contributed by atoms with E-state index in [0.29, 0.717) is 0 Å². The van der Waals surface area contributed by atoms with E-state index in [1.54, 1.807) is 0 Å². The van der Waals surface area contributed by atoms with Gasteiger partial charge in [-0.3, -0.25) is 0 Å². The fourth-order valence-electron chi connectivity index (χ4n) is 2.47. The first-order chi connectivity index (χ1) is 22.0. The van der Waals surface area contributed by atoms with Gasteiger partial charge in [-0.15, -0.1) is 15.0 Å². The highest BCUT2D eigenvalue weighted by molar-refractivity contribution is 5.12. The van der Waals surface area contributed by atoms with Crippen LogP contribution >= 0.6 is 0 Å². The average Bonchev–Trinajstić information content (AvgIpc) is 2.91. The van der Waals surface area contributed by atoms with Gasteiger partial charge >= 0.3 is 89.9 Å². The molecule has 0 bridgehead atoms. The standard InChI is InChI=1S/C18H6F27N3O3/c19-7(20,10(25,26)13(31,32)16(37,38)39)1-49-4-46-5(50-2-8(21,22)11(27,28)14(33,34)17(40,41)42)48-6(47-4)51-3-9(23,24)12(29,30)15(35,36)18(43,44)45/h1-3H2. The van der Waals surface area contributed by atoms with E-state index in [0.717, 1.165) is 0 Å². The third-order valence-electron chi connectivity index (χ3n) is 5.35. The van der Waals surface area contributed by atoms with Crippen LogP contribution in [0.2, 0.25) is 0 Å². The highest BCUT2D eigenvalue weighted by Gasteiger charge is 2.84. The fraction of sp³-hybridized carbons (Fsp3) is 0.833. The van der Waals surface area contributed by atoms with Crippen molar-refractivity contribution in [1.82, 2.24) is 15.0 Å². The zero-order valence-electron chi connectivity index (χ0n) is 22.4. The van der Waals surface area contributed by atoms with Crippen LogP contribution < -0.4 is 14.2 Å². The second-order valence-corrected chi connectivity index (χ2v) is 9.10. The average molecular weight is 825 g/mol. The molecule has 1 aromatic heterocycles. The maximum Gasteiger partial charge on any atom is 0.460 e. The molecular formula is C18H6F27N3O3. The lowest BCUT2D eigenvalue weighted by atomic mass is 10.0. The molecule has 0 saturated carbocycles. The van der Waals surface area contributed by atoms with Gasteiger partial charge in [-0.2, -0.15) is 119 Å². The second kappa shape index (κ2) is 12.9. The van der Waals surface area contributed by atoms with Gasteiger partial charge in [0, 0.05) is 0 Å². The first-order valence-corrected chi connectivity index (χ1v) is 11.2. The van der Waals surface area contributed by atoms with Gasteiger partial charge in [0.25, 0.3) is 0 Å². The molecule has 0 aliphatic carbocycles. The maximum absolute atomic E-state index is 13.7. The lowest BCUT2D eigenvalue weighted by Gasteiger charge is -2.33. The van der Waals surface area contributed by atoms with E-state index in [9.17, 15) is 119 Å². The maximum atomic E-state index is 13.7. The summed E-state index contributed by atoms with van der Waals surface area (Å²) in [6, 6.07) is -7.90. The van der Waals surface area contributed by atoms with E-state index >= 15 is 0 Å². The summed E-state index contributed by atoms with van der Waals surface area (Å²) >= 11 is 0. The smallest absolute Gasteiger partial charge is 0.457 e. The summed E-state index contributed by atoms with van der Waals surface area (Å²) in [6.45, 7) is -10.9. The highest BCUT2D eigenvalue weighted by Crippen LogP contribution is 2.55. The van der Waals surface area contributed by atoms with Crippen LogP contribution in [0.15, 0.2) is 0 Å². The molecule has 0 radical (unpaired) electrons. The number of alkyl halides is 27. The van der Waals surface area contributed by atoms with Crippen LogP contribution in [0.5, 0.6) is 18.0 Å². The molecule has 0 N–H and O–H groups in total. The Bertz CT molecular complexity index is 1190. The molecule has 0 aromatic carbocycles. The number of ether oxygens (including phenoxy) is 3. The van der Waals surface area contributed by atoms with E-state index < -0.39 is 110 Å². The van der Waals surface area contributed by atoms with Gasteiger partial charge in [-0.1, -0.05) is 0 Å². The summed E-state index contributed by atoms with van der Waals surface area (Å²) in [7, 11) is 0. The van der Waals surface area contributed by atoms with Gasteiger partial charge in [0.05, 0.1) is 0 Å². The van der Waals surface area contributed by atoms with Crippen molar-refractivity contribution < 1.29 is 133 Å². The summed E-state index contributed by atoms with van der Waals surface area (Å²) in [5.74, 6) is -66.2. The van der Waals surface area contributed by atoms with Gasteiger partial charge in [0.1, 0.15) is 0 Å². The van der Waals surface area contributed by atoms with Crippen molar-refractivity contribution in [1.29, 1.82) is 0 Å². The number of aromatic nitrogens is 3. The van der Waals surface area contributed by atoms with Gasteiger partial charge in [0.2, 0.25) is 0 Å². The third-order valence-corrected chi connectivity index (χ3v) is 5.35. The molecule has 0 amide bonds.